The first-order valence-electron chi connectivity index (χ1n) is 16.5. The minimum absolute atomic E-state index is 0.00357. The first-order valence-corrected chi connectivity index (χ1v) is 22.3. The smallest absolute Gasteiger partial charge is 0.305 e. The monoisotopic (exact) mass is 643 g/mol. The average molecular weight is 644 g/mol. The lowest BCUT2D eigenvalue weighted by Gasteiger charge is -2.44. The Morgan fingerprint density at radius 3 is 2.14 bits per heavy atom. The lowest BCUT2D eigenvalue weighted by Crippen LogP contribution is -2.51. The summed E-state index contributed by atoms with van der Waals surface area (Å²) in [5, 5.41) is 13.3. The molecule has 1 N–H and O–H groups in total. The molecule has 0 aliphatic heterocycles. The Morgan fingerprint density at radius 1 is 0.932 bits per heavy atom. The van der Waals surface area contributed by atoms with E-state index in [4.69, 9.17) is 18.6 Å². The lowest BCUT2D eigenvalue weighted by molar-refractivity contribution is -0.140. The molecule has 0 aliphatic carbocycles. The maximum atomic E-state index is 12.0. The molecule has 3 atom stereocenters. The number of pyridine rings is 1. The topological polar surface area (TPSA) is 77.9 Å². The number of rotatable bonds is 16. The van der Waals surface area contributed by atoms with Gasteiger partial charge in [-0.05, 0) is 73.1 Å². The van der Waals surface area contributed by atoms with Gasteiger partial charge in [-0.25, -0.2) is 0 Å². The molecule has 0 aliphatic rings. The van der Waals surface area contributed by atoms with Gasteiger partial charge < -0.3 is 18.7 Å². The highest BCUT2D eigenvalue weighted by Gasteiger charge is 2.44. The summed E-state index contributed by atoms with van der Waals surface area (Å²) in [4.78, 5) is 17.0. The quantitative estimate of drug-likeness (QED) is 0.111. The van der Waals surface area contributed by atoms with Crippen molar-refractivity contribution in [1.29, 1.82) is 0 Å². The van der Waals surface area contributed by atoms with Crippen LogP contribution in [0, 0.1) is 0 Å². The van der Waals surface area contributed by atoms with Gasteiger partial charge in [0.1, 0.15) is 0 Å². The van der Waals surface area contributed by atoms with Gasteiger partial charge in [0, 0.05) is 11.8 Å². The molecule has 0 saturated carbocycles. The number of hydrogen-bond acceptors (Lipinski definition) is 6. The van der Waals surface area contributed by atoms with E-state index in [9.17, 15) is 9.90 Å². The van der Waals surface area contributed by atoms with E-state index in [1.54, 1.807) is 0 Å². The van der Waals surface area contributed by atoms with Crippen LogP contribution in [0.2, 0.25) is 36.3 Å². The van der Waals surface area contributed by atoms with E-state index in [2.05, 4.69) is 92.9 Å². The van der Waals surface area contributed by atoms with Crippen LogP contribution in [0.3, 0.4) is 0 Å². The molecule has 8 heteroatoms. The molecular weight excluding hydrogens is 583 g/mol. The van der Waals surface area contributed by atoms with Crippen molar-refractivity contribution in [3.05, 3.63) is 47.8 Å². The summed E-state index contributed by atoms with van der Waals surface area (Å²) in [6.45, 7) is 24.7. The Bertz CT molecular complexity index is 1230. The summed E-state index contributed by atoms with van der Waals surface area (Å²) in [5.41, 5.74) is 1.52. The van der Waals surface area contributed by atoms with Gasteiger partial charge in [-0.2, -0.15) is 0 Å². The summed E-state index contributed by atoms with van der Waals surface area (Å²) in [7, 11) is -2.97. The van der Waals surface area contributed by atoms with Crippen LogP contribution >= 0.6 is 0 Å². The van der Waals surface area contributed by atoms with Gasteiger partial charge in [-0.3, -0.25) is 9.78 Å². The molecule has 44 heavy (non-hydrogen) atoms. The van der Waals surface area contributed by atoms with Crippen LogP contribution in [0.1, 0.15) is 111 Å². The first-order chi connectivity index (χ1) is 20.3. The van der Waals surface area contributed by atoms with E-state index >= 15 is 0 Å². The summed E-state index contributed by atoms with van der Waals surface area (Å²) < 4.78 is 19.1. The fraction of sp³-hybridized carbons (Fsp3) is 0.667. The molecule has 0 spiro atoms. The van der Waals surface area contributed by atoms with Gasteiger partial charge in [0.15, 0.2) is 16.6 Å². The van der Waals surface area contributed by atoms with Crippen molar-refractivity contribution < 1.29 is 23.5 Å². The highest BCUT2D eigenvalue weighted by Crippen LogP contribution is 2.41. The van der Waals surface area contributed by atoms with Crippen molar-refractivity contribution in [3.63, 3.8) is 0 Å². The lowest BCUT2D eigenvalue weighted by atomic mass is 10.0. The third kappa shape index (κ3) is 10.9. The number of unbranched alkanes of at least 4 members (excludes halogenated alkanes) is 2. The van der Waals surface area contributed by atoms with Crippen molar-refractivity contribution in [2.75, 3.05) is 7.11 Å². The predicted octanol–water partition coefficient (Wildman–Crippen LogP) is 9.99. The summed E-state index contributed by atoms with van der Waals surface area (Å²) in [6.07, 6.45) is 8.50. The van der Waals surface area contributed by atoms with E-state index in [1.807, 2.05) is 24.3 Å². The predicted molar refractivity (Wildman–Crippen MR) is 190 cm³/mol. The Hall–Kier alpha value is -1.85. The number of aliphatic hydroxyl groups is 1. The summed E-state index contributed by atoms with van der Waals surface area (Å²) >= 11 is 0. The average Bonchev–Trinajstić information content (AvgIpc) is 2.92. The number of esters is 1. The molecule has 3 unspecified atom stereocenters. The zero-order chi connectivity index (χ0) is 33.3. The molecular formula is C36H61NO5Si2. The zero-order valence-electron chi connectivity index (χ0n) is 29.8. The molecule has 0 amide bonds. The minimum atomic E-state index is -2.22. The number of fused-ring (bicyclic) bond motifs is 1. The Balaban J connectivity index is 2.60. The SMILES string of the molecule is CCCCCC(O)c1nc(/C=C/C(O[Si](C)(C)C(C)(C)C)C(CCCC(=O)OC)O[Si](C)(C)C(C)(C)C)cc2ccccc12. The molecule has 0 radical (unpaired) electrons. The van der Waals surface area contributed by atoms with Crippen LogP contribution in [0.5, 0.6) is 0 Å². The van der Waals surface area contributed by atoms with Crippen LogP contribution in [0.25, 0.3) is 16.8 Å². The van der Waals surface area contributed by atoms with Crippen molar-refractivity contribution >= 4 is 39.5 Å². The van der Waals surface area contributed by atoms with Crippen LogP contribution in [-0.2, 0) is 18.4 Å². The highest BCUT2D eigenvalue weighted by atomic mass is 28.4. The molecule has 1 aromatic carbocycles. The number of carbonyl (C=O) groups excluding carboxylic acids is 1. The van der Waals surface area contributed by atoms with E-state index in [0.29, 0.717) is 25.7 Å². The molecule has 1 heterocycles. The standard InChI is InChI=1S/C36H61NO5Si2/c1-13-14-15-21-30(38)34-29-20-17-16-19-27(29)26-28(37-34)24-25-32(42-44(11,12)36(5,6)7)31(22-18-23-33(39)40-8)41-43(9,10)35(2,3)4/h16-17,19-20,24-26,30-32,38H,13-15,18,21-23H2,1-12H3/b25-24+. The Morgan fingerprint density at radius 2 is 1.55 bits per heavy atom. The number of ether oxygens (including phenoxy) is 1. The fourth-order valence-corrected chi connectivity index (χ4v) is 7.28. The molecule has 6 nitrogen and oxygen atoms in total. The van der Waals surface area contributed by atoms with Gasteiger partial charge in [-0.1, -0.05) is 98.1 Å². The zero-order valence-corrected chi connectivity index (χ0v) is 31.8. The largest absolute Gasteiger partial charge is 0.469 e. The molecule has 0 saturated heterocycles. The van der Waals surface area contributed by atoms with E-state index in [1.165, 1.54) is 7.11 Å². The number of methoxy groups -OCH3 is 1. The third-order valence-electron chi connectivity index (χ3n) is 9.60. The molecule has 0 bridgehead atoms. The molecule has 2 rings (SSSR count). The number of nitrogens with zero attached hydrogens (tertiary/aromatic N) is 1. The summed E-state index contributed by atoms with van der Waals surface area (Å²) in [5.74, 6) is -0.209. The highest BCUT2D eigenvalue weighted by molar-refractivity contribution is 6.74. The number of carbonyl (C=O) groups is 1. The second kappa shape index (κ2) is 16.1. The van der Waals surface area contributed by atoms with Gasteiger partial charge in [0.2, 0.25) is 0 Å². The van der Waals surface area contributed by atoms with Gasteiger partial charge >= 0.3 is 5.97 Å². The second-order valence-corrected chi connectivity index (χ2v) is 24.8. The number of aliphatic hydroxyl groups excluding tert-OH is 1. The molecule has 2 aromatic rings. The maximum Gasteiger partial charge on any atom is 0.305 e. The number of benzene rings is 1. The van der Waals surface area contributed by atoms with Crippen molar-refractivity contribution in [2.24, 2.45) is 0 Å². The van der Waals surface area contributed by atoms with Crippen molar-refractivity contribution in [3.8, 4) is 0 Å². The number of aromatic nitrogens is 1. The molecule has 248 valence electrons. The minimum Gasteiger partial charge on any atom is -0.469 e. The van der Waals surface area contributed by atoms with Crippen LogP contribution in [0.4, 0.5) is 0 Å². The fourth-order valence-electron chi connectivity index (χ4n) is 4.66. The van der Waals surface area contributed by atoms with Crippen LogP contribution < -0.4 is 0 Å². The normalized spacial score (nSPS) is 15.5. The van der Waals surface area contributed by atoms with E-state index < -0.39 is 22.7 Å². The Labute approximate surface area is 270 Å². The molecule has 0 fully saturated rings. The van der Waals surface area contributed by atoms with Gasteiger partial charge in [0.25, 0.3) is 0 Å². The van der Waals surface area contributed by atoms with Gasteiger partial charge in [-0.15, -0.1) is 0 Å². The first kappa shape index (κ1) is 38.3. The Kier molecular flexibility index (Phi) is 14.0. The second-order valence-electron chi connectivity index (χ2n) is 15.3. The summed E-state index contributed by atoms with van der Waals surface area (Å²) in [6, 6.07) is 10.2. The van der Waals surface area contributed by atoms with E-state index in [0.717, 1.165) is 41.4 Å². The van der Waals surface area contributed by atoms with Crippen molar-refractivity contribution in [1.82, 2.24) is 4.98 Å². The van der Waals surface area contributed by atoms with Crippen LogP contribution in [-0.4, -0.2) is 52.0 Å². The van der Waals surface area contributed by atoms with Crippen molar-refractivity contribution in [2.45, 2.75) is 148 Å². The van der Waals surface area contributed by atoms with E-state index in [-0.39, 0.29) is 28.3 Å². The van der Waals surface area contributed by atoms with Gasteiger partial charge in [0.05, 0.1) is 36.8 Å². The van der Waals surface area contributed by atoms with Crippen LogP contribution in [0.15, 0.2) is 36.4 Å². The third-order valence-corrected chi connectivity index (χ3v) is 18.6. The molecule has 1 aromatic heterocycles. The number of hydrogen-bond donors (Lipinski definition) is 1. The maximum absolute atomic E-state index is 12.0.